The topological polar surface area (TPSA) is 32.5 Å². The molecule has 106 valence electrons. The Balaban J connectivity index is 1.62. The zero-order chi connectivity index (χ0) is 12.8. The number of nitrogens with zero attached hydrogens (tertiary/aromatic N) is 2. The molecule has 0 aromatic heterocycles. The van der Waals surface area contributed by atoms with Crippen LogP contribution in [0.25, 0.3) is 0 Å². The molecule has 3 heteroatoms. The monoisotopic (exact) mass is 253 g/mol. The van der Waals surface area contributed by atoms with Gasteiger partial charge in [0.2, 0.25) is 0 Å². The third kappa shape index (κ3) is 4.22. The van der Waals surface area contributed by atoms with Gasteiger partial charge < -0.3 is 15.5 Å². The summed E-state index contributed by atoms with van der Waals surface area (Å²) in [5.74, 6) is 0.906. The van der Waals surface area contributed by atoms with Gasteiger partial charge in [0.25, 0.3) is 0 Å². The standard InChI is InChI=1S/C15H31N3/c1-17-10-3-2-4-15(17)8-13-18-11-6-14(5-9-16)7-12-18/h14-15H,2-13,16H2,1H3. The number of likely N-dealkylation sites (tertiary alicyclic amines) is 2. The van der Waals surface area contributed by atoms with Gasteiger partial charge in [-0.05, 0) is 84.2 Å². The second kappa shape index (κ2) is 7.46. The Morgan fingerprint density at radius 2 is 1.78 bits per heavy atom. The second-order valence-corrected chi connectivity index (χ2v) is 6.28. The van der Waals surface area contributed by atoms with Crippen LogP contribution < -0.4 is 5.73 Å². The van der Waals surface area contributed by atoms with Crippen LogP contribution in [0.1, 0.15) is 44.9 Å². The average Bonchev–Trinajstić information content (AvgIpc) is 2.40. The van der Waals surface area contributed by atoms with Gasteiger partial charge in [0.15, 0.2) is 0 Å². The van der Waals surface area contributed by atoms with Crippen molar-refractivity contribution in [3.05, 3.63) is 0 Å². The van der Waals surface area contributed by atoms with Gasteiger partial charge in [-0.15, -0.1) is 0 Å². The van der Waals surface area contributed by atoms with Crippen LogP contribution in [0.2, 0.25) is 0 Å². The van der Waals surface area contributed by atoms with Gasteiger partial charge in [0, 0.05) is 6.04 Å². The fourth-order valence-corrected chi connectivity index (χ4v) is 3.57. The Morgan fingerprint density at radius 1 is 1.00 bits per heavy atom. The molecule has 2 fully saturated rings. The maximum absolute atomic E-state index is 5.65. The Hall–Kier alpha value is -0.120. The molecule has 0 spiro atoms. The Bertz CT molecular complexity index is 224. The molecule has 0 radical (unpaired) electrons. The molecule has 2 saturated heterocycles. The van der Waals surface area contributed by atoms with E-state index in [0.29, 0.717) is 0 Å². The lowest BCUT2D eigenvalue weighted by molar-refractivity contribution is 0.132. The van der Waals surface area contributed by atoms with E-state index in [1.54, 1.807) is 0 Å². The molecule has 0 bridgehead atoms. The highest BCUT2D eigenvalue weighted by molar-refractivity contribution is 4.78. The highest BCUT2D eigenvalue weighted by Crippen LogP contribution is 2.22. The molecule has 0 saturated carbocycles. The van der Waals surface area contributed by atoms with Crippen LogP contribution in [0.4, 0.5) is 0 Å². The number of piperidine rings is 2. The SMILES string of the molecule is CN1CCCCC1CCN1CCC(CCN)CC1. The van der Waals surface area contributed by atoms with Crippen molar-refractivity contribution in [1.29, 1.82) is 0 Å². The Morgan fingerprint density at radius 3 is 2.44 bits per heavy atom. The predicted octanol–water partition coefficient (Wildman–Crippen LogP) is 1.92. The van der Waals surface area contributed by atoms with Crippen LogP contribution in [0.3, 0.4) is 0 Å². The van der Waals surface area contributed by atoms with E-state index >= 15 is 0 Å². The molecule has 2 aliphatic rings. The van der Waals surface area contributed by atoms with Crippen molar-refractivity contribution >= 4 is 0 Å². The first-order valence-electron chi connectivity index (χ1n) is 7.92. The number of nitrogens with two attached hydrogens (primary N) is 1. The first-order valence-corrected chi connectivity index (χ1v) is 7.92. The van der Waals surface area contributed by atoms with Crippen LogP contribution in [0, 0.1) is 5.92 Å². The van der Waals surface area contributed by atoms with E-state index in [1.807, 2.05) is 0 Å². The van der Waals surface area contributed by atoms with Gasteiger partial charge in [-0.3, -0.25) is 0 Å². The van der Waals surface area contributed by atoms with Crippen LogP contribution >= 0.6 is 0 Å². The van der Waals surface area contributed by atoms with Crippen molar-refractivity contribution in [3.8, 4) is 0 Å². The molecule has 2 rings (SSSR count). The molecule has 1 atom stereocenters. The van der Waals surface area contributed by atoms with Crippen LogP contribution in [0.15, 0.2) is 0 Å². The second-order valence-electron chi connectivity index (χ2n) is 6.28. The molecule has 0 amide bonds. The summed E-state index contributed by atoms with van der Waals surface area (Å²) in [6.45, 7) is 6.10. The summed E-state index contributed by atoms with van der Waals surface area (Å²) in [5, 5.41) is 0. The molecule has 2 aliphatic heterocycles. The van der Waals surface area contributed by atoms with E-state index in [0.717, 1.165) is 18.5 Å². The average molecular weight is 253 g/mol. The molecular weight excluding hydrogens is 222 g/mol. The molecule has 2 N–H and O–H groups in total. The number of rotatable bonds is 5. The van der Waals surface area contributed by atoms with Gasteiger partial charge >= 0.3 is 0 Å². The van der Waals surface area contributed by atoms with E-state index in [1.165, 1.54) is 71.1 Å². The van der Waals surface area contributed by atoms with Crippen molar-refractivity contribution in [1.82, 2.24) is 9.80 Å². The lowest BCUT2D eigenvalue weighted by Crippen LogP contribution is -2.41. The van der Waals surface area contributed by atoms with Crippen LogP contribution in [0.5, 0.6) is 0 Å². The first kappa shape index (κ1) is 14.3. The highest BCUT2D eigenvalue weighted by Gasteiger charge is 2.22. The third-order valence-corrected chi connectivity index (χ3v) is 4.98. The van der Waals surface area contributed by atoms with Crippen molar-refractivity contribution < 1.29 is 0 Å². The fraction of sp³-hybridized carbons (Fsp3) is 1.00. The molecule has 1 unspecified atom stereocenters. The quantitative estimate of drug-likeness (QED) is 0.812. The normalized spacial score (nSPS) is 28.7. The maximum Gasteiger partial charge on any atom is 0.0104 e. The highest BCUT2D eigenvalue weighted by atomic mass is 15.2. The maximum atomic E-state index is 5.65. The molecule has 18 heavy (non-hydrogen) atoms. The summed E-state index contributed by atoms with van der Waals surface area (Å²) in [6.07, 6.45) is 9.61. The van der Waals surface area contributed by atoms with Gasteiger partial charge in [-0.1, -0.05) is 6.42 Å². The van der Waals surface area contributed by atoms with Crippen molar-refractivity contribution in [2.24, 2.45) is 11.7 Å². The number of hydrogen-bond donors (Lipinski definition) is 1. The molecule has 3 nitrogen and oxygen atoms in total. The minimum absolute atomic E-state index is 0.848. The summed E-state index contributed by atoms with van der Waals surface area (Å²) in [5.41, 5.74) is 5.65. The summed E-state index contributed by atoms with van der Waals surface area (Å²) in [7, 11) is 2.30. The predicted molar refractivity (Wildman–Crippen MR) is 77.7 cm³/mol. The molecule has 0 aliphatic carbocycles. The molecule has 0 aromatic rings. The van der Waals surface area contributed by atoms with Crippen molar-refractivity contribution in [2.45, 2.75) is 51.0 Å². The summed E-state index contributed by atoms with van der Waals surface area (Å²) in [4.78, 5) is 5.25. The zero-order valence-electron chi connectivity index (χ0n) is 12.1. The summed E-state index contributed by atoms with van der Waals surface area (Å²) < 4.78 is 0. The lowest BCUT2D eigenvalue weighted by atomic mass is 9.93. The molecule has 2 heterocycles. The first-order chi connectivity index (χ1) is 8.79. The summed E-state index contributed by atoms with van der Waals surface area (Å²) >= 11 is 0. The van der Waals surface area contributed by atoms with Gasteiger partial charge in [-0.2, -0.15) is 0 Å². The zero-order valence-corrected chi connectivity index (χ0v) is 12.1. The molecule has 0 aromatic carbocycles. The van der Waals surface area contributed by atoms with Crippen molar-refractivity contribution in [3.63, 3.8) is 0 Å². The van der Waals surface area contributed by atoms with Gasteiger partial charge in [0.1, 0.15) is 0 Å². The van der Waals surface area contributed by atoms with Gasteiger partial charge in [-0.25, -0.2) is 0 Å². The van der Waals surface area contributed by atoms with Crippen LogP contribution in [-0.2, 0) is 0 Å². The molecular formula is C15H31N3. The Labute approximate surface area is 113 Å². The number of hydrogen-bond acceptors (Lipinski definition) is 3. The van der Waals surface area contributed by atoms with Crippen molar-refractivity contribution in [2.75, 3.05) is 39.8 Å². The third-order valence-electron chi connectivity index (χ3n) is 4.98. The minimum Gasteiger partial charge on any atom is -0.330 e. The van der Waals surface area contributed by atoms with E-state index < -0.39 is 0 Å². The minimum atomic E-state index is 0.848. The van der Waals surface area contributed by atoms with Crippen LogP contribution in [-0.4, -0.2) is 55.6 Å². The fourth-order valence-electron chi connectivity index (χ4n) is 3.57. The largest absolute Gasteiger partial charge is 0.330 e. The van der Waals surface area contributed by atoms with Gasteiger partial charge in [0.05, 0.1) is 0 Å². The van der Waals surface area contributed by atoms with E-state index in [-0.39, 0.29) is 0 Å². The van der Waals surface area contributed by atoms with E-state index in [9.17, 15) is 0 Å². The Kier molecular flexibility index (Phi) is 5.93. The van der Waals surface area contributed by atoms with E-state index in [4.69, 9.17) is 5.73 Å². The summed E-state index contributed by atoms with van der Waals surface area (Å²) in [6, 6.07) is 0.848. The lowest BCUT2D eigenvalue weighted by Gasteiger charge is -2.36. The van der Waals surface area contributed by atoms with E-state index in [2.05, 4.69) is 16.8 Å². The smallest absolute Gasteiger partial charge is 0.0104 e.